The summed E-state index contributed by atoms with van der Waals surface area (Å²) in [5.41, 5.74) is 2.08. The van der Waals surface area contributed by atoms with Gasteiger partial charge >= 0.3 is 0 Å². The molecule has 1 atom stereocenters. The van der Waals surface area contributed by atoms with Crippen LogP contribution in [0.25, 0.3) is 11.1 Å². The Hall–Kier alpha value is -1.46. The standard InChI is InChI=1S/C14H14BrN3O/c15-12-3-1-2-10(6-12)11-7-16-14(17-8-11)18-5-4-13(19)9-18/h1-3,6-8,13,19H,4-5,9H2. The first-order valence-corrected chi connectivity index (χ1v) is 7.03. The van der Waals surface area contributed by atoms with E-state index in [0.29, 0.717) is 12.5 Å². The molecule has 0 bridgehead atoms. The van der Waals surface area contributed by atoms with Crippen LogP contribution in [0.4, 0.5) is 5.95 Å². The lowest BCUT2D eigenvalue weighted by Gasteiger charge is -2.15. The van der Waals surface area contributed by atoms with Gasteiger partial charge in [0.2, 0.25) is 5.95 Å². The first kappa shape index (κ1) is 12.6. The number of β-amino-alcohol motifs (C(OH)–C–C–N with tert-alkyl or cyclic N) is 1. The number of aromatic nitrogens is 2. The van der Waals surface area contributed by atoms with Gasteiger partial charge in [-0.3, -0.25) is 0 Å². The topological polar surface area (TPSA) is 49.2 Å². The molecule has 19 heavy (non-hydrogen) atoms. The summed E-state index contributed by atoms with van der Waals surface area (Å²) in [5.74, 6) is 0.690. The van der Waals surface area contributed by atoms with E-state index in [0.717, 1.165) is 28.6 Å². The summed E-state index contributed by atoms with van der Waals surface area (Å²) in [6.07, 6.45) is 4.19. The van der Waals surface area contributed by atoms with E-state index in [2.05, 4.69) is 25.9 Å². The number of aliphatic hydroxyl groups is 1. The van der Waals surface area contributed by atoms with Gasteiger partial charge in [-0.05, 0) is 24.1 Å². The van der Waals surface area contributed by atoms with Crippen molar-refractivity contribution in [3.8, 4) is 11.1 Å². The fourth-order valence-electron chi connectivity index (χ4n) is 2.23. The van der Waals surface area contributed by atoms with Gasteiger partial charge < -0.3 is 10.0 Å². The first-order chi connectivity index (χ1) is 9.22. The Morgan fingerprint density at radius 1 is 1.21 bits per heavy atom. The smallest absolute Gasteiger partial charge is 0.225 e. The summed E-state index contributed by atoms with van der Waals surface area (Å²) < 4.78 is 1.04. The van der Waals surface area contributed by atoms with Gasteiger partial charge in [0.25, 0.3) is 0 Å². The van der Waals surface area contributed by atoms with Gasteiger partial charge in [0.15, 0.2) is 0 Å². The van der Waals surface area contributed by atoms with Crippen LogP contribution in [0.2, 0.25) is 0 Å². The van der Waals surface area contributed by atoms with Crippen LogP contribution in [-0.4, -0.2) is 34.3 Å². The van der Waals surface area contributed by atoms with Crippen LogP contribution < -0.4 is 4.90 Å². The lowest BCUT2D eigenvalue weighted by molar-refractivity contribution is 0.198. The van der Waals surface area contributed by atoms with Crippen molar-refractivity contribution in [3.63, 3.8) is 0 Å². The average Bonchev–Trinajstić information content (AvgIpc) is 2.86. The van der Waals surface area contributed by atoms with Crippen LogP contribution in [0.3, 0.4) is 0 Å². The molecule has 3 rings (SSSR count). The number of hydrogen-bond acceptors (Lipinski definition) is 4. The van der Waals surface area contributed by atoms with E-state index in [1.54, 1.807) is 0 Å². The van der Waals surface area contributed by atoms with Gasteiger partial charge in [0, 0.05) is 35.5 Å². The third-order valence-electron chi connectivity index (χ3n) is 3.24. The van der Waals surface area contributed by atoms with E-state index >= 15 is 0 Å². The predicted octanol–water partition coefficient (Wildman–Crippen LogP) is 2.48. The summed E-state index contributed by atoms with van der Waals surface area (Å²) in [5, 5.41) is 9.52. The number of nitrogens with zero attached hydrogens (tertiary/aromatic N) is 3. The third kappa shape index (κ3) is 2.77. The normalized spacial score (nSPS) is 18.8. The molecule has 4 nitrogen and oxygen atoms in total. The zero-order valence-electron chi connectivity index (χ0n) is 10.3. The van der Waals surface area contributed by atoms with E-state index < -0.39 is 0 Å². The van der Waals surface area contributed by atoms with Crippen molar-refractivity contribution in [1.82, 2.24) is 9.97 Å². The van der Waals surface area contributed by atoms with Gasteiger partial charge in [-0.2, -0.15) is 0 Å². The average molecular weight is 320 g/mol. The van der Waals surface area contributed by atoms with Crippen LogP contribution in [-0.2, 0) is 0 Å². The van der Waals surface area contributed by atoms with Crippen LogP contribution in [0, 0.1) is 0 Å². The minimum Gasteiger partial charge on any atom is -0.391 e. The van der Waals surface area contributed by atoms with Crippen molar-refractivity contribution >= 4 is 21.9 Å². The number of benzene rings is 1. The van der Waals surface area contributed by atoms with Gasteiger partial charge in [-0.15, -0.1) is 0 Å². The molecular formula is C14H14BrN3O. The molecule has 0 aliphatic carbocycles. The van der Waals surface area contributed by atoms with Gasteiger partial charge in [-0.25, -0.2) is 9.97 Å². The van der Waals surface area contributed by atoms with Crippen molar-refractivity contribution in [3.05, 3.63) is 41.1 Å². The van der Waals surface area contributed by atoms with Crippen molar-refractivity contribution < 1.29 is 5.11 Å². The highest BCUT2D eigenvalue weighted by Gasteiger charge is 2.22. The summed E-state index contributed by atoms with van der Waals surface area (Å²) in [4.78, 5) is 10.8. The largest absolute Gasteiger partial charge is 0.391 e. The molecule has 2 aromatic rings. The number of halogens is 1. The highest BCUT2D eigenvalue weighted by atomic mass is 79.9. The molecule has 1 aliphatic rings. The lowest BCUT2D eigenvalue weighted by atomic mass is 10.1. The van der Waals surface area contributed by atoms with Crippen molar-refractivity contribution in [1.29, 1.82) is 0 Å². The SMILES string of the molecule is OC1CCN(c2ncc(-c3cccc(Br)c3)cn2)C1. The maximum atomic E-state index is 9.52. The highest BCUT2D eigenvalue weighted by Crippen LogP contribution is 2.23. The molecule has 1 unspecified atom stereocenters. The number of aliphatic hydroxyl groups excluding tert-OH is 1. The Labute approximate surface area is 120 Å². The molecule has 0 amide bonds. The van der Waals surface area contributed by atoms with Crippen molar-refractivity contribution in [2.45, 2.75) is 12.5 Å². The van der Waals surface area contributed by atoms with E-state index in [1.807, 2.05) is 41.6 Å². The summed E-state index contributed by atoms with van der Waals surface area (Å²) >= 11 is 3.46. The van der Waals surface area contributed by atoms with E-state index in [-0.39, 0.29) is 6.10 Å². The zero-order valence-corrected chi connectivity index (χ0v) is 11.9. The third-order valence-corrected chi connectivity index (χ3v) is 3.74. The number of hydrogen-bond donors (Lipinski definition) is 1. The molecule has 0 spiro atoms. The van der Waals surface area contributed by atoms with Crippen LogP contribution >= 0.6 is 15.9 Å². The Kier molecular flexibility index (Phi) is 3.48. The highest BCUT2D eigenvalue weighted by molar-refractivity contribution is 9.10. The van der Waals surface area contributed by atoms with Crippen LogP contribution in [0.15, 0.2) is 41.1 Å². The second-order valence-corrected chi connectivity index (χ2v) is 5.59. The molecule has 0 radical (unpaired) electrons. The van der Waals surface area contributed by atoms with Gasteiger partial charge in [-0.1, -0.05) is 28.1 Å². The molecule has 98 valence electrons. The molecule has 1 fully saturated rings. The Morgan fingerprint density at radius 3 is 2.63 bits per heavy atom. The second kappa shape index (κ2) is 5.27. The quantitative estimate of drug-likeness (QED) is 0.923. The Balaban J connectivity index is 1.83. The van der Waals surface area contributed by atoms with Crippen LogP contribution in [0.5, 0.6) is 0 Å². The first-order valence-electron chi connectivity index (χ1n) is 6.23. The Morgan fingerprint density at radius 2 is 2.00 bits per heavy atom. The summed E-state index contributed by atoms with van der Waals surface area (Å²) in [7, 11) is 0. The second-order valence-electron chi connectivity index (χ2n) is 4.67. The molecule has 0 saturated carbocycles. The number of rotatable bonds is 2. The summed E-state index contributed by atoms with van der Waals surface area (Å²) in [6.45, 7) is 1.44. The molecule has 1 aromatic carbocycles. The molecule has 1 aliphatic heterocycles. The predicted molar refractivity (Wildman–Crippen MR) is 78.0 cm³/mol. The fourth-order valence-corrected chi connectivity index (χ4v) is 2.62. The molecular weight excluding hydrogens is 306 g/mol. The lowest BCUT2D eigenvalue weighted by Crippen LogP contribution is -2.23. The minimum absolute atomic E-state index is 0.256. The zero-order chi connectivity index (χ0) is 13.2. The van der Waals surface area contributed by atoms with E-state index in [4.69, 9.17) is 0 Å². The van der Waals surface area contributed by atoms with Gasteiger partial charge in [0.05, 0.1) is 6.10 Å². The number of anilines is 1. The summed E-state index contributed by atoms with van der Waals surface area (Å²) in [6, 6.07) is 8.05. The maximum absolute atomic E-state index is 9.52. The van der Waals surface area contributed by atoms with Crippen LogP contribution in [0.1, 0.15) is 6.42 Å². The van der Waals surface area contributed by atoms with Gasteiger partial charge in [0.1, 0.15) is 0 Å². The molecule has 1 N–H and O–H groups in total. The molecule has 1 aromatic heterocycles. The molecule has 1 saturated heterocycles. The van der Waals surface area contributed by atoms with Crippen molar-refractivity contribution in [2.75, 3.05) is 18.0 Å². The minimum atomic E-state index is -0.256. The van der Waals surface area contributed by atoms with Crippen molar-refractivity contribution in [2.24, 2.45) is 0 Å². The fraction of sp³-hybridized carbons (Fsp3) is 0.286. The van der Waals surface area contributed by atoms with E-state index in [9.17, 15) is 5.11 Å². The molecule has 2 heterocycles. The monoisotopic (exact) mass is 319 g/mol. The molecule has 5 heteroatoms. The Bertz CT molecular complexity index is 573. The maximum Gasteiger partial charge on any atom is 0.225 e. The van der Waals surface area contributed by atoms with E-state index in [1.165, 1.54) is 0 Å².